The highest BCUT2D eigenvalue weighted by Crippen LogP contribution is 2.46. The van der Waals surface area contributed by atoms with E-state index < -0.39 is 6.36 Å². The van der Waals surface area contributed by atoms with Gasteiger partial charge in [-0.05, 0) is 74.9 Å². The average molecular weight is 568 g/mol. The van der Waals surface area contributed by atoms with Crippen molar-refractivity contribution in [1.29, 1.82) is 0 Å². The fraction of sp³-hybridized carbons (Fsp3) is 0.400. The van der Waals surface area contributed by atoms with Crippen LogP contribution in [0.15, 0.2) is 68.4 Å². The van der Waals surface area contributed by atoms with Crippen LogP contribution in [-0.4, -0.2) is 34.9 Å². The van der Waals surface area contributed by atoms with Gasteiger partial charge in [-0.3, -0.25) is 4.79 Å². The molecule has 214 valence electrons. The van der Waals surface area contributed by atoms with Crippen LogP contribution < -0.4 is 15.2 Å². The summed E-state index contributed by atoms with van der Waals surface area (Å²) in [6.45, 7) is 0.214. The molecule has 0 spiro atoms. The van der Waals surface area contributed by atoms with E-state index in [1.807, 2.05) is 12.1 Å². The number of aromatic amines is 1. The molecule has 2 saturated heterocycles. The Morgan fingerprint density at radius 1 is 1.00 bits per heavy atom. The third-order valence-electron chi connectivity index (χ3n) is 8.26. The molecular formula is C30H28F3N3O5. The van der Waals surface area contributed by atoms with E-state index in [9.17, 15) is 18.0 Å². The fourth-order valence-corrected chi connectivity index (χ4v) is 6.32. The number of hydrogen-bond donors (Lipinski definition) is 1. The van der Waals surface area contributed by atoms with Crippen LogP contribution in [0.5, 0.6) is 5.75 Å². The number of rotatable bonds is 8. The molecule has 0 unspecified atom stereocenters. The number of ether oxygens (including phenoxy) is 2. The maximum atomic E-state index is 13.1. The number of anilines is 1. The van der Waals surface area contributed by atoms with Crippen molar-refractivity contribution in [2.24, 2.45) is 0 Å². The smallest absolute Gasteiger partial charge is 0.405 e. The number of piperidine rings is 1. The Labute approximate surface area is 233 Å². The zero-order valence-corrected chi connectivity index (χ0v) is 22.0. The minimum atomic E-state index is -4.82. The Hall–Kier alpha value is -3.99. The Morgan fingerprint density at radius 3 is 2.39 bits per heavy atom. The second-order valence-corrected chi connectivity index (χ2v) is 11.0. The fourth-order valence-electron chi connectivity index (χ4n) is 6.32. The van der Waals surface area contributed by atoms with Crippen molar-refractivity contribution in [3.05, 3.63) is 76.3 Å². The van der Waals surface area contributed by atoms with Gasteiger partial charge in [0.25, 0.3) is 5.56 Å². The molecule has 3 atom stereocenters. The van der Waals surface area contributed by atoms with Crippen LogP contribution in [0.2, 0.25) is 0 Å². The lowest BCUT2D eigenvalue weighted by Gasteiger charge is -2.40. The number of H-pyrrole nitrogens is 1. The maximum absolute atomic E-state index is 13.1. The Balaban J connectivity index is 1.07. The Morgan fingerprint density at radius 2 is 1.73 bits per heavy atom. The SMILES string of the molecule is O=c1cc(-c2ccc(N3[C@@H]4CC[C@H]3C[C@@H](OCc3c(-c5ccccc5OC(F)(F)F)noc3C3CC3)C4)cc2)o[nH]1. The summed E-state index contributed by atoms with van der Waals surface area (Å²) >= 11 is 0. The van der Waals surface area contributed by atoms with Crippen molar-refractivity contribution < 1.29 is 31.7 Å². The van der Waals surface area contributed by atoms with Crippen molar-refractivity contribution in [1.82, 2.24) is 10.3 Å². The first-order valence-electron chi connectivity index (χ1n) is 13.8. The molecule has 2 aromatic carbocycles. The normalized spacial score (nSPS) is 22.3. The number of aromatic nitrogens is 2. The van der Waals surface area contributed by atoms with E-state index >= 15 is 0 Å². The van der Waals surface area contributed by atoms with Crippen LogP contribution in [0.3, 0.4) is 0 Å². The molecule has 8 nitrogen and oxygen atoms in total. The topological polar surface area (TPSA) is 93.7 Å². The molecule has 4 heterocycles. The summed E-state index contributed by atoms with van der Waals surface area (Å²) in [5.41, 5.74) is 2.95. The quantitative estimate of drug-likeness (QED) is 0.251. The van der Waals surface area contributed by atoms with Crippen molar-refractivity contribution >= 4 is 5.69 Å². The molecule has 0 amide bonds. The molecule has 1 N–H and O–H groups in total. The van der Waals surface area contributed by atoms with Gasteiger partial charge >= 0.3 is 6.36 Å². The molecule has 3 aliphatic rings. The van der Waals surface area contributed by atoms with E-state index in [2.05, 4.69) is 32.1 Å². The zero-order chi connectivity index (χ0) is 28.1. The van der Waals surface area contributed by atoms with Crippen LogP contribution in [0, 0.1) is 0 Å². The number of hydrogen-bond acceptors (Lipinski definition) is 7. The first-order valence-corrected chi connectivity index (χ1v) is 13.8. The summed E-state index contributed by atoms with van der Waals surface area (Å²) in [6, 6.07) is 16.1. The average Bonchev–Trinajstić information content (AvgIpc) is 3.46. The number of halogens is 3. The van der Waals surface area contributed by atoms with Crippen molar-refractivity contribution in [2.75, 3.05) is 4.90 Å². The van der Waals surface area contributed by atoms with E-state index in [0.29, 0.717) is 34.9 Å². The standard InChI is InChI=1S/C30H28F3N3O5/c31-30(32,33)39-25-4-2-1-3-23(25)28-24(29(41-35-28)18-5-6-18)16-38-22-13-20-11-12-21(14-22)36(20)19-9-7-17(8-10-19)26-15-27(37)34-40-26/h1-4,7-10,15,18,20-22H,5-6,11-14,16H2,(H,34,37)/t20-,21+,22+. The lowest BCUT2D eigenvalue weighted by atomic mass is 9.98. The van der Waals surface area contributed by atoms with Crippen LogP contribution >= 0.6 is 0 Å². The first-order chi connectivity index (χ1) is 19.8. The lowest BCUT2D eigenvalue weighted by molar-refractivity contribution is -0.274. The molecule has 1 saturated carbocycles. The van der Waals surface area contributed by atoms with Crippen molar-refractivity contribution in [3.8, 4) is 28.3 Å². The van der Waals surface area contributed by atoms with E-state index in [4.69, 9.17) is 13.8 Å². The van der Waals surface area contributed by atoms with Gasteiger partial charge in [-0.1, -0.05) is 17.3 Å². The largest absolute Gasteiger partial charge is 0.573 e. The molecule has 11 heteroatoms. The third kappa shape index (κ3) is 5.26. The highest BCUT2D eigenvalue weighted by molar-refractivity contribution is 5.70. The summed E-state index contributed by atoms with van der Waals surface area (Å²) in [4.78, 5) is 13.9. The van der Waals surface area contributed by atoms with Crippen molar-refractivity contribution in [2.45, 2.75) is 75.6 Å². The third-order valence-corrected chi connectivity index (χ3v) is 8.26. The predicted molar refractivity (Wildman–Crippen MR) is 142 cm³/mol. The van der Waals surface area contributed by atoms with Gasteiger partial charge in [-0.2, -0.15) is 5.16 Å². The van der Waals surface area contributed by atoms with Gasteiger partial charge < -0.3 is 23.4 Å². The van der Waals surface area contributed by atoms with E-state index in [0.717, 1.165) is 49.8 Å². The summed E-state index contributed by atoms with van der Waals surface area (Å²) in [6.07, 6.45) is 0.922. The Kier molecular flexibility index (Phi) is 6.41. The summed E-state index contributed by atoms with van der Waals surface area (Å²) in [5.74, 6) is 1.10. The molecule has 4 aromatic rings. The number of nitrogens with zero attached hydrogens (tertiary/aromatic N) is 2. The molecule has 1 aliphatic carbocycles. The summed E-state index contributed by atoms with van der Waals surface area (Å²) in [5, 5.41) is 6.51. The van der Waals surface area contributed by atoms with Gasteiger partial charge in [-0.25, -0.2) is 0 Å². The molecule has 2 bridgehead atoms. The molecule has 41 heavy (non-hydrogen) atoms. The summed E-state index contributed by atoms with van der Waals surface area (Å²) < 4.78 is 60.9. The van der Waals surface area contributed by atoms with Gasteiger partial charge in [-0.15, -0.1) is 13.2 Å². The number of para-hydroxylation sites is 1. The zero-order valence-electron chi connectivity index (χ0n) is 22.0. The minimum Gasteiger partial charge on any atom is -0.405 e. The minimum absolute atomic E-state index is 0.00799. The van der Waals surface area contributed by atoms with E-state index in [1.165, 1.54) is 18.2 Å². The molecule has 0 radical (unpaired) electrons. The Bertz CT molecular complexity index is 1570. The van der Waals surface area contributed by atoms with Gasteiger partial charge in [0, 0.05) is 40.4 Å². The summed E-state index contributed by atoms with van der Waals surface area (Å²) in [7, 11) is 0. The molecule has 3 fully saturated rings. The highest BCUT2D eigenvalue weighted by atomic mass is 19.4. The number of nitrogens with one attached hydrogen (secondary N) is 1. The lowest BCUT2D eigenvalue weighted by Crippen LogP contribution is -2.45. The first kappa shape index (κ1) is 25.9. The van der Waals surface area contributed by atoms with Crippen LogP contribution in [0.25, 0.3) is 22.6 Å². The van der Waals surface area contributed by atoms with Crippen LogP contribution in [0.1, 0.15) is 55.8 Å². The second-order valence-electron chi connectivity index (χ2n) is 11.0. The number of benzene rings is 2. The van der Waals surface area contributed by atoms with Gasteiger partial charge in [0.15, 0.2) is 5.76 Å². The molecule has 2 aliphatic heterocycles. The van der Waals surface area contributed by atoms with Crippen LogP contribution in [-0.2, 0) is 11.3 Å². The van der Waals surface area contributed by atoms with Gasteiger partial charge in [0.1, 0.15) is 17.2 Å². The number of fused-ring (bicyclic) bond motifs is 2. The monoisotopic (exact) mass is 567 g/mol. The highest BCUT2D eigenvalue weighted by Gasteiger charge is 2.42. The van der Waals surface area contributed by atoms with Crippen LogP contribution in [0.4, 0.5) is 18.9 Å². The van der Waals surface area contributed by atoms with Gasteiger partial charge in [0.05, 0.1) is 18.8 Å². The van der Waals surface area contributed by atoms with Crippen molar-refractivity contribution in [3.63, 3.8) is 0 Å². The van der Waals surface area contributed by atoms with Gasteiger partial charge in [0.2, 0.25) is 0 Å². The van der Waals surface area contributed by atoms with E-state index in [-0.39, 0.29) is 35.5 Å². The molecule has 7 rings (SSSR count). The molecular weight excluding hydrogens is 539 g/mol. The maximum Gasteiger partial charge on any atom is 0.573 e. The molecule has 2 aromatic heterocycles. The second kappa shape index (κ2) is 10.1. The predicted octanol–water partition coefficient (Wildman–Crippen LogP) is 6.78. The number of alkyl halides is 3. The van der Waals surface area contributed by atoms with E-state index in [1.54, 1.807) is 12.1 Å².